The molecule has 12 heteroatoms. The summed E-state index contributed by atoms with van der Waals surface area (Å²) < 4.78 is 11.7. The van der Waals surface area contributed by atoms with Gasteiger partial charge in [0.1, 0.15) is 30.8 Å². The van der Waals surface area contributed by atoms with Crippen LogP contribution in [0, 0.1) is 0 Å². The highest BCUT2D eigenvalue weighted by Crippen LogP contribution is 2.40. The Bertz CT molecular complexity index is 1460. The number of benzene rings is 1. The molecule has 4 N–H and O–H groups in total. The summed E-state index contributed by atoms with van der Waals surface area (Å²) in [6.07, 6.45) is -0.320. The summed E-state index contributed by atoms with van der Waals surface area (Å²) in [6.45, 7) is 2.83. The number of aliphatic hydroxyl groups excluding tert-OH is 2. The maximum absolute atomic E-state index is 11.3. The zero-order chi connectivity index (χ0) is 27.5. The third-order valence-electron chi connectivity index (χ3n) is 7.04. The second kappa shape index (κ2) is 11.2. The number of aryl methyl sites for hydroxylation is 1. The van der Waals surface area contributed by atoms with Gasteiger partial charge in [-0.2, -0.15) is 0 Å². The first-order chi connectivity index (χ1) is 19.6. The summed E-state index contributed by atoms with van der Waals surface area (Å²) in [4.78, 5) is 22.9. The van der Waals surface area contributed by atoms with Crippen LogP contribution in [0.3, 0.4) is 0 Å². The molecule has 3 aromatic rings. The molecule has 206 valence electrons. The predicted octanol–water partition coefficient (Wildman–Crippen LogP) is 1.36. The monoisotopic (exact) mass is 542 g/mol. The Morgan fingerprint density at radius 1 is 1.00 bits per heavy atom. The minimum absolute atomic E-state index is 0.325. The zero-order valence-corrected chi connectivity index (χ0v) is 21.9. The van der Waals surface area contributed by atoms with E-state index in [0.717, 1.165) is 17.0 Å². The first-order valence-electron chi connectivity index (χ1n) is 13.3. The van der Waals surface area contributed by atoms with Crippen LogP contribution in [-0.4, -0.2) is 74.7 Å². The van der Waals surface area contributed by atoms with E-state index in [1.165, 1.54) is 6.34 Å². The molecule has 0 radical (unpaired) electrons. The first kappa shape index (κ1) is 26.1. The van der Waals surface area contributed by atoms with E-state index in [2.05, 4.69) is 30.8 Å². The van der Waals surface area contributed by atoms with E-state index in [1.54, 1.807) is 12.3 Å². The summed E-state index contributed by atoms with van der Waals surface area (Å²) in [7, 11) is 0. The van der Waals surface area contributed by atoms with Crippen LogP contribution in [0.2, 0.25) is 0 Å². The molecule has 0 spiro atoms. The average molecular weight is 543 g/mol. The number of ether oxygens (including phenoxy) is 1. The van der Waals surface area contributed by atoms with Gasteiger partial charge in [0.2, 0.25) is 5.79 Å². The van der Waals surface area contributed by atoms with Crippen molar-refractivity contribution in [1.29, 1.82) is 0 Å². The van der Waals surface area contributed by atoms with Gasteiger partial charge in [-0.25, -0.2) is 20.0 Å². The van der Waals surface area contributed by atoms with Gasteiger partial charge in [-0.3, -0.25) is 10.3 Å². The van der Waals surface area contributed by atoms with Gasteiger partial charge in [0, 0.05) is 37.5 Å². The molecule has 3 aliphatic heterocycles. The van der Waals surface area contributed by atoms with E-state index in [4.69, 9.17) is 19.2 Å². The van der Waals surface area contributed by atoms with Crippen molar-refractivity contribution in [3.05, 3.63) is 83.5 Å². The van der Waals surface area contributed by atoms with Gasteiger partial charge in [0.05, 0.1) is 5.69 Å². The summed E-state index contributed by atoms with van der Waals surface area (Å²) in [5.41, 5.74) is 3.13. The molecule has 2 aromatic heterocycles. The van der Waals surface area contributed by atoms with Gasteiger partial charge < -0.3 is 24.8 Å². The van der Waals surface area contributed by atoms with Gasteiger partial charge >= 0.3 is 0 Å². The number of nitrogens with zero attached hydrogens (tertiary/aromatic N) is 6. The first-order valence-corrected chi connectivity index (χ1v) is 13.3. The molecule has 0 aliphatic carbocycles. The van der Waals surface area contributed by atoms with Crippen molar-refractivity contribution in [2.45, 2.75) is 56.5 Å². The number of aliphatic hydroxyl groups is 2. The molecule has 1 saturated heterocycles. The molecule has 0 saturated carbocycles. The predicted molar refractivity (Wildman–Crippen MR) is 148 cm³/mol. The third kappa shape index (κ3) is 5.09. The second-order valence-corrected chi connectivity index (χ2v) is 9.71. The molecule has 5 atom stereocenters. The zero-order valence-electron chi connectivity index (χ0n) is 21.9. The highest BCUT2D eigenvalue weighted by Gasteiger charge is 2.57. The van der Waals surface area contributed by atoms with E-state index in [1.807, 2.05) is 55.5 Å². The normalized spacial score (nSPS) is 27.2. The summed E-state index contributed by atoms with van der Waals surface area (Å²) >= 11 is 0. The number of pyridine rings is 1. The van der Waals surface area contributed by atoms with Gasteiger partial charge in [0.25, 0.3) is 0 Å². The number of aromatic nitrogens is 2. The van der Waals surface area contributed by atoms with Crippen LogP contribution in [0.5, 0.6) is 0 Å². The lowest BCUT2D eigenvalue weighted by Gasteiger charge is -2.36. The summed E-state index contributed by atoms with van der Waals surface area (Å²) in [5, 5.41) is 33.1. The molecule has 6 rings (SSSR count). The highest BCUT2D eigenvalue weighted by molar-refractivity contribution is 6.70. The quantitative estimate of drug-likeness (QED) is 0.315. The number of fused-ring (bicyclic) bond motifs is 1. The maximum atomic E-state index is 11.3. The molecule has 40 heavy (non-hydrogen) atoms. The Kier molecular flexibility index (Phi) is 7.30. The molecule has 5 heterocycles. The van der Waals surface area contributed by atoms with Crippen LogP contribution < -0.4 is 10.6 Å². The Hall–Kier alpha value is -4.10. The molecule has 1 fully saturated rings. The fourth-order valence-electron chi connectivity index (χ4n) is 4.93. The largest absolute Gasteiger partial charge is 0.387 e. The van der Waals surface area contributed by atoms with Crippen LogP contribution in [-0.2, 0) is 24.1 Å². The fourth-order valence-corrected chi connectivity index (χ4v) is 4.93. The van der Waals surface area contributed by atoms with E-state index in [9.17, 15) is 10.2 Å². The number of rotatable bonds is 9. The van der Waals surface area contributed by atoms with Gasteiger partial charge in [-0.1, -0.05) is 48.5 Å². The van der Waals surface area contributed by atoms with Crippen molar-refractivity contribution >= 4 is 23.7 Å². The Morgan fingerprint density at radius 3 is 2.62 bits per heavy atom. The number of nitrogens with one attached hydrogen (secondary N) is 2. The third-order valence-corrected chi connectivity index (χ3v) is 7.04. The minimum atomic E-state index is -1.54. The Morgan fingerprint density at radius 2 is 1.85 bits per heavy atom. The van der Waals surface area contributed by atoms with Crippen molar-refractivity contribution in [1.82, 2.24) is 20.8 Å². The van der Waals surface area contributed by atoms with Gasteiger partial charge in [0.15, 0.2) is 23.1 Å². The number of hydrogen-bond acceptors (Lipinski definition) is 12. The molecule has 0 bridgehead atoms. The summed E-state index contributed by atoms with van der Waals surface area (Å²) in [5.74, 6) is -0.423. The molecule has 12 nitrogen and oxygen atoms in total. The van der Waals surface area contributed by atoms with Gasteiger partial charge in [-0.15, -0.1) is 0 Å². The molecule has 1 aromatic carbocycles. The van der Waals surface area contributed by atoms with Crippen molar-refractivity contribution in [3.8, 4) is 0 Å². The van der Waals surface area contributed by atoms with E-state index in [-0.39, 0.29) is 0 Å². The number of amidine groups is 2. The average Bonchev–Trinajstić information content (AvgIpc) is 3.73. The van der Waals surface area contributed by atoms with Crippen LogP contribution in [0.25, 0.3) is 0 Å². The second-order valence-electron chi connectivity index (χ2n) is 9.71. The smallest absolute Gasteiger partial charge is 0.238 e. The lowest BCUT2D eigenvalue weighted by Crippen LogP contribution is -2.60. The molecule has 3 aliphatic rings. The minimum Gasteiger partial charge on any atom is -0.387 e. The van der Waals surface area contributed by atoms with Crippen molar-refractivity contribution in [3.63, 3.8) is 0 Å². The lowest BCUT2D eigenvalue weighted by atomic mass is 10.00. The molecular formula is C28H30N8O4. The SMILES string of the molecule is CCc1cc([C@H]2O[C@H](C3(NCCc4ccccn4)N=C4N=CN=C4C(NCc4ccccc4)=N3)[C@H](O)[C@@H]2O)on1. The van der Waals surface area contributed by atoms with Gasteiger partial charge in [-0.05, 0) is 24.1 Å². The number of aliphatic imine (C=N–C) groups is 4. The van der Waals surface area contributed by atoms with Crippen molar-refractivity contribution in [2.75, 3.05) is 6.54 Å². The molecular weight excluding hydrogens is 512 g/mol. The fraction of sp³-hybridized carbons (Fsp3) is 0.357. The van der Waals surface area contributed by atoms with E-state index >= 15 is 0 Å². The summed E-state index contributed by atoms with van der Waals surface area (Å²) in [6, 6.07) is 17.3. The van der Waals surface area contributed by atoms with E-state index in [0.29, 0.717) is 49.1 Å². The van der Waals surface area contributed by atoms with Crippen LogP contribution in [0.15, 0.2) is 85.3 Å². The van der Waals surface area contributed by atoms with Crippen LogP contribution in [0.1, 0.15) is 35.7 Å². The topological polar surface area (TPSA) is 162 Å². The molecule has 0 amide bonds. The maximum Gasteiger partial charge on any atom is 0.238 e. The molecule has 1 unspecified atom stereocenters. The number of hydrogen-bond donors (Lipinski definition) is 4. The van der Waals surface area contributed by atoms with E-state index < -0.39 is 30.2 Å². The Labute approximate surface area is 230 Å². The van der Waals surface area contributed by atoms with Crippen molar-refractivity contribution < 1.29 is 19.5 Å². The highest BCUT2D eigenvalue weighted by atomic mass is 16.6. The standard InChI is InChI=1S/C28H30N8O4/c1-2-18-14-20(40-36-18)24-22(37)23(38)25(39-24)28(33-13-11-19-10-6-7-12-29-19)34-26(21-27(35-28)32-16-31-21)30-15-17-8-4-3-5-9-17/h3-10,12,14,16,22-25,33,37-38H,2,11,13,15H2,1H3,(H,30,34)/t22-,23+,24+,25-,28?/m0/s1. The van der Waals surface area contributed by atoms with Crippen LogP contribution in [0.4, 0.5) is 0 Å². The lowest BCUT2D eigenvalue weighted by molar-refractivity contribution is -0.0513. The van der Waals surface area contributed by atoms with Crippen LogP contribution >= 0.6 is 0 Å². The Balaban J connectivity index is 1.34. The van der Waals surface area contributed by atoms with Crippen molar-refractivity contribution in [2.24, 2.45) is 20.0 Å².